The largest absolute Gasteiger partial charge is 0.357 e. The fourth-order valence-electron chi connectivity index (χ4n) is 3.36. The van der Waals surface area contributed by atoms with Crippen molar-refractivity contribution in [3.63, 3.8) is 0 Å². The molecule has 3 rings (SSSR count). The summed E-state index contributed by atoms with van der Waals surface area (Å²) in [4.78, 5) is 17.7. The van der Waals surface area contributed by atoms with Gasteiger partial charge < -0.3 is 15.1 Å². The number of hydrogen-bond donors (Lipinski definition) is 1. The second-order valence-electron chi connectivity index (χ2n) is 6.98. The number of aliphatic imine (C=N–C) groups is 1. The number of guanidine groups is 1. The number of halogens is 1. The molecule has 2 aromatic heterocycles. The SMILES string of the molecule is CN=C(NCc1ccnc(N2CCCCCC2)c1)N(C)Cc1ncnn1C.I. The van der Waals surface area contributed by atoms with Crippen LogP contribution in [0.1, 0.15) is 37.1 Å². The number of aryl methyl sites for hydroxylation is 1. The Bertz CT molecular complexity index is 752. The van der Waals surface area contributed by atoms with Crippen LogP contribution in [-0.4, -0.2) is 57.8 Å². The van der Waals surface area contributed by atoms with Crippen molar-refractivity contribution in [1.29, 1.82) is 0 Å². The van der Waals surface area contributed by atoms with E-state index in [4.69, 9.17) is 0 Å². The summed E-state index contributed by atoms with van der Waals surface area (Å²) in [5.74, 6) is 2.80. The van der Waals surface area contributed by atoms with Gasteiger partial charge in [-0.05, 0) is 30.5 Å². The molecule has 0 saturated carbocycles. The molecule has 9 heteroatoms. The minimum absolute atomic E-state index is 0. The smallest absolute Gasteiger partial charge is 0.194 e. The molecule has 1 fully saturated rings. The molecule has 28 heavy (non-hydrogen) atoms. The van der Waals surface area contributed by atoms with Crippen molar-refractivity contribution in [3.05, 3.63) is 36.0 Å². The maximum atomic E-state index is 4.59. The lowest BCUT2D eigenvalue weighted by Gasteiger charge is -2.23. The molecule has 0 unspecified atom stereocenters. The van der Waals surface area contributed by atoms with Crippen LogP contribution in [0.4, 0.5) is 5.82 Å². The molecule has 0 aliphatic carbocycles. The van der Waals surface area contributed by atoms with E-state index in [2.05, 4.69) is 42.4 Å². The van der Waals surface area contributed by atoms with E-state index in [1.54, 1.807) is 18.1 Å². The predicted molar refractivity (Wildman–Crippen MR) is 123 cm³/mol. The van der Waals surface area contributed by atoms with E-state index in [0.29, 0.717) is 13.1 Å². The molecule has 0 aromatic carbocycles. The molecule has 0 radical (unpaired) electrons. The molecule has 0 atom stereocenters. The predicted octanol–water partition coefficient (Wildman–Crippen LogP) is 2.42. The Morgan fingerprint density at radius 2 is 1.96 bits per heavy atom. The van der Waals surface area contributed by atoms with Crippen molar-refractivity contribution in [3.8, 4) is 0 Å². The molecule has 1 aliphatic heterocycles. The van der Waals surface area contributed by atoms with E-state index >= 15 is 0 Å². The van der Waals surface area contributed by atoms with E-state index in [0.717, 1.165) is 30.7 Å². The normalized spacial score (nSPS) is 15.0. The van der Waals surface area contributed by atoms with E-state index in [1.807, 2.05) is 25.2 Å². The Kier molecular flexibility index (Phi) is 8.94. The second kappa shape index (κ2) is 11.2. The Balaban J connectivity index is 0.00000280. The zero-order valence-electron chi connectivity index (χ0n) is 17.0. The number of nitrogens with zero attached hydrogens (tertiary/aromatic N) is 7. The van der Waals surface area contributed by atoms with Gasteiger partial charge in [0, 0.05) is 47.0 Å². The maximum Gasteiger partial charge on any atom is 0.194 e. The van der Waals surface area contributed by atoms with Gasteiger partial charge in [-0.3, -0.25) is 9.67 Å². The zero-order valence-corrected chi connectivity index (χ0v) is 19.3. The van der Waals surface area contributed by atoms with Crippen LogP contribution in [-0.2, 0) is 20.1 Å². The number of hydrogen-bond acceptors (Lipinski definition) is 5. The molecule has 0 bridgehead atoms. The van der Waals surface area contributed by atoms with Gasteiger partial charge >= 0.3 is 0 Å². The van der Waals surface area contributed by atoms with Gasteiger partial charge in [-0.2, -0.15) is 5.10 Å². The first-order valence-electron chi connectivity index (χ1n) is 9.62. The van der Waals surface area contributed by atoms with Gasteiger partial charge in [-0.25, -0.2) is 9.97 Å². The fourth-order valence-corrected chi connectivity index (χ4v) is 3.36. The van der Waals surface area contributed by atoms with E-state index in [-0.39, 0.29) is 24.0 Å². The number of aromatic nitrogens is 4. The van der Waals surface area contributed by atoms with Crippen LogP contribution in [0.2, 0.25) is 0 Å². The summed E-state index contributed by atoms with van der Waals surface area (Å²) in [6, 6.07) is 4.25. The lowest BCUT2D eigenvalue weighted by Crippen LogP contribution is -2.38. The highest BCUT2D eigenvalue weighted by atomic mass is 127. The van der Waals surface area contributed by atoms with Crippen LogP contribution >= 0.6 is 24.0 Å². The van der Waals surface area contributed by atoms with Crippen LogP contribution in [0.15, 0.2) is 29.6 Å². The average Bonchev–Trinajstić information content (AvgIpc) is 2.92. The fraction of sp³-hybridized carbons (Fsp3) is 0.579. The minimum Gasteiger partial charge on any atom is -0.357 e. The lowest BCUT2D eigenvalue weighted by atomic mass is 10.2. The first-order chi connectivity index (χ1) is 13.2. The number of pyridine rings is 1. The topological polar surface area (TPSA) is 74.5 Å². The zero-order chi connectivity index (χ0) is 19.1. The third-order valence-corrected chi connectivity index (χ3v) is 4.95. The van der Waals surface area contributed by atoms with Gasteiger partial charge in [0.1, 0.15) is 18.0 Å². The van der Waals surface area contributed by atoms with Crippen LogP contribution in [0, 0.1) is 0 Å². The first-order valence-corrected chi connectivity index (χ1v) is 9.62. The highest BCUT2D eigenvalue weighted by molar-refractivity contribution is 14.0. The highest BCUT2D eigenvalue weighted by Gasteiger charge is 2.13. The average molecular weight is 498 g/mol. The van der Waals surface area contributed by atoms with Gasteiger partial charge in [-0.15, -0.1) is 24.0 Å². The van der Waals surface area contributed by atoms with Crippen molar-refractivity contribution in [1.82, 2.24) is 30.0 Å². The second-order valence-corrected chi connectivity index (χ2v) is 6.98. The monoisotopic (exact) mass is 498 g/mol. The summed E-state index contributed by atoms with van der Waals surface area (Å²) in [6.45, 7) is 3.56. The molecular weight excluding hydrogens is 467 g/mol. The van der Waals surface area contributed by atoms with Crippen molar-refractivity contribution >= 4 is 35.8 Å². The summed E-state index contributed by atoms with van der Waals surface area (Å²) in [6.07, 6.45) is 8.63. The molecule has 2 aromatic rings. The maximum absolute atomic E-state index is 4.59. The Hall–Kier alpha value is -1.91. The molecule has 8 nitrogen and oxygen atoms in total. The van der Waals surface area contributed by atoms with Crippen LogP contribution in [0.5, 0.6) is 0 Å². The third kappa shape index (κ3) is 6.05. The number of rotatable bonds is 5. The summed E-state index contributed by atoms with van der Waals surface area (Å²) in [7, 11) is 5.69. The number of nitrogens with one attached hydrogen (secondary N) is 1. The minimum atomic E-state index is 0. The summed E-state index contributed by atoms with van der Waals surface area (Å²) >= 11 is 0. The van der Waals surface area contributed by atoms with Crippen LogP contribution in [0.3, 0.4) is 0 Å². The molecule has 1 saturated heterocycles. The van der Waals surface area contributed by atoms with Crippen LogP contribution < -0.4 is 10.2 Å². The van der Waals surface area contributed by atoms with Crippen molar-refractivity contribution in [2.24, 2.45) is 12.0 Å². The Morgan fingerprint density at radius 1 is 1.21 bits per heavy atom. The number of anilines is 1. The van der Waals surface area contributed by atoms with E-state index in [9.17, 15) is 0 Å². The van der Waals surface area contributed by atoms with Gasteiger partial charge in [0.05, 0.1) is 6.54 Å². The van der Waals surface area contributed by atoms with Gasteiger partial charge in [-0.1, -0.05) is 12.8 Å². The Labute approximate surface area is 184 Å². The third-order valence-electron chi connectivity index (χ3n) is 4.95. The van der Waals surface area contributed by atoms with E-state index in [1.165, 1.54) is 31.2 Å². The van der Waals surface area contributed by atoms with Crippen molar-refractivity contribution in [2.75, 3.05) is 32.1 Å². The summed E-state index contributed by atoms with van der Waals surface area (Å²) < 4.78 is 1.78. The summed E-state index contributed by atoms with van der Waals surface area (Å²) in [5.41, 5.74) is 1.21. The standard InChI is InChI=1S/C19H30N8.HI/c1-20-19(25(2)14-18-23-15-24-26(18)3)22-13-16-8-9-21-17(12-16)27-10-6-4-5-7-11-27;/h8-9,12,15H,4-7,10-11,13-14H2,1-3H3,(H,20,22);1H. The molecule has 3 heterocycles. The lowest BCUT2D eigenvalue weighted by molar-refractivity contribution is 0.448. The molecule has 1 aliphatic rings. The van der Waals surface area contributed by atoms with E-state index < -0.39 is 0 Å². The molecule has 0 amide bonds. The molecule has 1 N–H and O–H groups in total. The van der Waals surface area contributed by atoms with Crippen molar-refractivity contribution in [2.45, 2.75) is 38.8 Å². The quantitative estimate of drug-likeness (QED) is 0.388. The van der Waals surface area contributed by atoms with Gasteiger partial charge in [0.15, 0.2) is 5.96 Å². The van der Waals surface area contributed by atoms with Crippen molar-refractivity contribution < 1.29 is 0 Å². The molecular formula is C19H31IN8. The molecule has 154 valence electrons. The summed E-state index contributed by atoms with van der Waals surface area (Å²) in [5, 5.41) is 7.55. The molecule has 0 spiro atoms. The van der Waals surface area contributed by atoms with Gasteiger partial charge in [0.25, 0.3) is 0 Å². The van der Waals surface area contributed by atoms with Crippen LogP contribution in [0.25, 0.3) is 0 Å². The Morgan fingerprint density at radius 3 is 2.61 bits per heavy atom. The highest BCUT2D eigenvalue weighted by Crippen LogP contribution is 2.18. The van der Waals surface area contributed by atoms with Gasteiger partial charge in [0.2, 0.25) is 0 Å². The first kappa shape index (κ1) is 22.4.